The number of nitrogens with zero attached hydrogens (tertiary/aromatic N) is 2. The highest BCUT2D eigenvalue weighted by Crippen LogP contribution is 2.44. The lowest BCUT2D eigenvalue weighted by atomic mass is 9.88. The number of halogens is 1. The number of ether oxygens (including phenoxy) is 1. The summed E-state index contributed by atoms with van der Waals surface area (Å²) in [5.74, 6) is 1.59. The number of hydrogen-bond donors (Lipinski definition) is 0. The fourth-order valence-electron chi connectivity index (χ4n) is 4.64. The summed E-state index contributed by atoms with van der Waals surface area (Å²) in [6.45, 7) is 4.83. The number of aryl methyl sites for hydroxylation is 1. The van der Waals surface area contributed by atoms with Crippen molar-refractivity contribution in [3.8, 4) is 5.75 Å². The molecule has 2 aromatic carbocycles. The van der Waals surface area contributed by atoms with E-state index in [9.17, 15) is 4.79 Å². The maximum absolute atomic E-state index is 12.7. The molecule has 0 unspecified atom stereocenters. The Kier molecular flexibility index (Phi) is 5.11. The van der Waals surface area contributed by atoms with Crippen LogP contribution in [0.25, 0.3) is 0 Å². The monoisotopic (exact) mass is 384 g/mol. The first-order valence-electron chi connectivity index (χ1n) is 9.45. The van der Waals surface area contributed by atoms with E-state index in [1.165, 1.54) is 11.1 Å². The van der Waals surface area contributed by atoms with Crippen molar-refractivity contribution in [1.82, 2.24) is 9.80 Å². The fraction of sp³-hybridized carbons (Fsp3) is 0.409. The predicted molar refractivity (Wildman–Crippen MR) is 107 cm³/mol. The van der Waals surface area contributed by atoms with Crippen molar-refractivity contribution >= 4 is 17.5 Å². The van der Waals surface area contributed by atoms with E-state index >= 15 is 0 Å². The van der Waals surface area contributed by atoms with Gasteiger partial charge in [-0.1, -0.05) is 48.0 Å². The molecule has 1 amide bonds. The molecule has 2 aliphatic heterocycles. The maximum Gasteiger partial charge on any atom is 0.260 e. The summed E-state index contributed by atoms with van der Waals surface area (Å²) >= 11 is 6.11. The van der Waals surface area contributed by atoms with Gasteiger partial charge in [-0.2, -0.15) is 0 Å². The number of benzene rings is 2. The molecule has 5 heteroatoms. The topological polar surface area (TPSA) is 32.8 Å². The van der Waals surface area contributed by atoms with Gasteiger partial charge in [0, 0.05) is 31.6 Å². The van der Waals surface area contributed by atoms with E-state index < -0.39 is 0 Å². The molecule has 0 bridgehead atoms. The second-order valence-electron chi connectivity index (χ2n) is 7.68. The van der Waals surface area contributed by atoms with Crippen molar-refractivity contribution in [3.05, 3.63) is 64.7 Å². The minimum absolute atomic E-state index is 0.0358. The normalized spacial score (nSPS) is 24.9. The predicted octanol–water partition coefficient (Wildman–Crippen LogP) is 3.79. The van der Waals surface area contributed by atoms with Gasteiger partial charge in [0.15, 0.2) is 6.61 Å². The number of rotatable bonds is 4. The molecular weight excluding hydrogens is 360 g/mol. The molecule has 2 aromatic rings. The molecule has 2 heterocycles. The Morgan fingerprint density at radius 2 is 1.85 bits per heavy atom. The first-order valence-corrected chi connectivity index (χ1v) is 9.83. The zero-order valence-corrected chi connectivity index (χ0v) is 16.5. The third kappa shape index (κ3) is 3.56. The standard InChI is InChI=1S/C22H25ClN2O2/c1-15-7-3-4-8-17(15)22-18-13-25(12-16(18)11-24(22)2)21(26)14-27-20-10-6-5-9-19(20)23/h3-10,16,18,22H,11-14H2,1-2H3/t16-,18+,22+/m0/s1. The van der Waals surface area contributed by atoms with Crippen LogP contribution in [0.4, 0.5) is 0 Å². The van der Waals surface area contributed by atoms with Gasteiger partial charge in [-0.3, -0.25) is 9.69 Å². The lowest BCUT2D eigenvalue weighted by Gasteiger charge is -2.28. The van der Waals surface area contributed by atoms with Gasteiger partial charge in [0.2, 0.25) is 0 Å². The van der Waals surface area contributed by atoms with E-state index in [0.717, 1.165) is 19.6 Å². The number of amides is 1. The highest BCUT2D eigenvalue weighted by molar-refractivity contribution is 6.32. The van der Waals surface area contributed by atoms with Gasteiger partial charge in [0.05, 0.1) is 5.02 Å². The lowest BCUT2D eigenvalue weighted by molar-refractivity contribution is -0.132. The highest BCUT2D eigenvalue weighted by atomic mass is 35.5. The Balaban J connectivity index is 1.43. The molecule has 2 fully saturated rings. The number of likely N-dealkylation sites (tertiary alicyclic amines) is 2. The van der Waals surface area contributed by atoms with E-state index in [2.05, 4.69) is 43.1 Å². The highest BCUT2D eigenvalue weighted by Gasteiger charge is 2.47. The number of fused-ring (bicyclic) bond motifs is 1. The van der Waals surface area contributed by atoms with Gasteiger partial charge in [-0.05, 0) is 43.1 Å². The summed E-state index contributed by atoms with van der Waals surface area (Å²) in [4.78, 5) is 17.1. The van der Waals surface area contributed by atoms with Crippen molar-refractivity contribution < 1.29 is 9.53 Å². The molecule has 2 saturated heterocycles. The molecular formula is C22H25ClN2O2. The Labute approximate surface area is 165 Å². The van der Waals surface area contributed by atoms with Gasteiger partial charge in [0.25, 0.3) is 5.91 Å². The maximum atomic E-state index is 12.7. The molecule has 4 nitrogen and oxygen atoms in total. The molecule has 27 heavy (non-hydrogen) atoms. The summed E-state index contributed by atoms with van der Waals surface area (Å²) in [5.41, 5.74) is 2.70. The van der Waals surface area contributed by atoms with E-state index in [0.29, 0.717) is 28.6 Å². The van der Waals surface area contributed by atoms with Gasteiger partial charge in [0.1, 0.15) is 5.75 Å². The molecule has 0 saturated carbocycles. The largest absolute Gasteiger partial charge is 0.482 e. The molecule has 0 N–H and O–H groups in total. The number of carbonyl (C=O) groups excluding carboxylic acids is 1. The van der Waals surface area contributed by atoms with Gasteiger partial charge >= 0.3 is 0 Å². The summed E-state index contributed by atoms with van der Waals surface area (Å²) in [7, 11) is 2.20. The molecule has 4 rings (SSSR count). The smallest absolute Gasteiger partial charge is 0.260 e. The molecule has 0 radical (unpaired) electrons. The molecule has 3 atom stereocenters. The van der Waals surface area contributed by atoms with E-state index in [4.69, 9.17) is 16.3 Å². The number of para-hydroxylation sites is 1. The van der Waals surface area contributed by atoms with Crippen LogP contribution in [0.2, 0.25) is 5.02 Å². The van der Waals surface area contributed by atoms with Crippen LogP contribution in [0.1, 0.15) is 17.2 Å². The molecule has 2 aliphatic rings. The number of hydrogen-bond acceptors (Lipinski definition) is 3. The molecule has 0 aromatic heterocycles. The van der Waals surface area contributed by atoms with Crippen molar-refractivity contribution in [2.24, 2.45) is 11.8 Å². The molecule has 0 aliphatic carbocycles. The Morgan fingerprint density at radius 3 is 2.63 bits per heavy atom. The van der Waals surface area contributed by atoms with Crippen LogP contribution in [0, 0.1) is 18.8 Å². The minimum atomic E-state index is 0.0358. The van der Waals surface area contributed by atoms with Crippen LogP contribution in [-0.2, 0) is 4.79 Å². The number of carbonyl (C=O) groups is 1. The van der Waals surface area contributed by atoms with Crippen LogP contribution >= 0.6 is 11.6 Å². The van der Waals surface area contributed by atoms with Gasteiger partial charge in [-0.25, -0.2) is 0 Å². The van der Waals surface area contributed by atoms with Gasteiger partial charge < -0.3 is 9.64 Å². The van der Waals surface area contributed by atoms with E-state index in [-0.39, 0.29) is 12.5 Å². The van der Waals surface area contributed by atoms with Crippen LogP contribution in [-0.4, -0.2) is 49.0 Å². The van der Waals surface area contributed by atoms with Crippen LogP contribution in [0.15, 0.2) is 48.5 Å². The SMILES string of the molecule is Cc1ccccc1[C@@H]1[C@@H]2CN(C(=O)COc3ccccc3Cl)C[C@@H]2CN1C. The van der Waals surface area contributed by atoms with Crippen LogP contribution in [0.5, 0.6) is 5.75 Å². The minimum Gasteiger partial charge on any atom is -0.482 e. The summed E-state index contributed by atoms with van der Waals surface area (Å²) in [6, 6.07) is 16.2. The third-order valence-electron chi connectivity index (χ3n) is 5.94. The quantitative estimate of drug-likeness (QED) is 0.804. The van der Waals surface area contributed by atoms with Gasteiger partial charge in [-0.15, -0.1) is 0 Å². The summed E-state index contributed by atoms with van der Waals surface area (Å²) in [5, 5.41) is 0.532. The average Bonchev–Trinajstić information content (AvgIpc) is 3.18. The van der Waals surface area contributed by atoms with Crippen molar-refractivity contribution in [2.45, 2.75) is 13.0 Å². The second-order valence-corrected chi connectivity index (χ2v) is 8.09. The Hall–Kier alpha value is -2.04. The first-order chi connectivity index (χ1) is 13.0. The first kappa shape index (κ1) is 18.3. The van der Waals surface area contributed by atoms with E-state index in [1.807, 2.05) is 17.0 Å². The lowest BCUT2D eigenvalue weighted by Crippen LogP contribution is -2.36. The van der Waals surface area contributed by atoms with Crippen molar-refractivity contribution in [1.29, 1.82) is 0 Å². The van der Waals surface area contributed by atoms with Crippen LogP contribution < -0.4 is 4.74 Å². The summed E-state index contributed by atoms with van der Waals surface area (Å²) < 4.78 is 5.65. The second kappa shape index (κ2) is 7.53. The van der Waals surface area contributed by atoms with Crippen molar-refractivity contribution in [2.75, 3.05) is 33.3 Å². The third-order valence-corrected chi connectivity index (χ3v) is 6.25. The zero-order chi connectivity index (χ0) is 19.0. The Bertz CT molecular complexity index is 841. The summed E-state index contributed by atoms with van der Waals surface area (Å²) in [6.07, 6.45) is 0. The molecule has 142 valence electrons. The van der Waals surface area contributed by atoms with Crippen molar-refractivity contribution in [3.63, 3.8) is 0 Å². The average molecular weight is 385 g/mol. The molecule has 0 spiro atoms. The fourth-order valence-corrected chi connectivity index (χ4v) is 4.83. The zero-order valence-electron chi connectivity index (χ0n) is 15.8. The van der Waals surface area contributed by atoms with E-state index in [1.54, 1.807) is 12.1 Å². The Morgan fingerprint density at radius 1 is 1.11 bits per heavy atom. The van der Waals surface area contributed by atoms with Crippen LogP contribution in [0.3, 0.4) is 0 Å².